The molecule has 2 heterocycles. The van der Waals surface area contributed by atoms with E-state index in [1.54, 1.807) is 44.2 Å². The highest BCUT2D eigenvalue weighted by atomic mass is 16.5. The predicted octanol–water partition coefficient (Wildman–Crippen LogP) is 3.15. The number of anilines is 2. The number of amides is 4. The molecule has 0 bridgehead atoms. The highest BCUT2D eigenvalue weighted by Gasteiger charge is 2.79. The van der Waals surface area contributed by atoms with Gasteiger partial charge in [0.05, 0.1) is 48.4 Å². The Morgan fingerprint density at radius 1 is 0.702 bits per heavy atom. The van der Waals surface area contributed by atoms with E-state index in [0.29, 0.717) is 0 Å². The molecule has 47 heavy (non-hydrogen) atoms. The molecule has 0 unspecified atom stereocenters. The van der Waals surface area contributed by atoms with Crippen molar-refractivity contribution in [3.8, 4) is 0 Å². The third-order valence-corrected chi connectivity index (χ3v) is 9.46. The van der Waals surface area contributed by atoms with Gasteiger partial charge in [0.15, 0.2) is 0 Å². The number of carbonyl (C=O) groups excluding carboxylic acids is 7. The lowest BCUT2D eigenvalue weighted by Crippen LogP contribution is -2.70. The van der Waals surface area contributed by atoms with E-state index in [1.807, 2.05) is 0 Å². The van der Waals surface area contributed by atoms with Crippen LogP contribution in [-0.2, 0) is 58.6 Å². The Morgan fingerprint density at radius 2 is 1.13 bits per heavy atom. The first-order valence-electron chi connectivity index (χ1n) is 15.5. The van der Waals surface area contributed by atoms with Crippen molar-refractivity contribution in [3.05, 3.63) is 71.8 Å². The third kappa shape index (κ3) is 4.44. The van der Waals surface area contributed by atoms with Crippen LogP contribution in [0.15, 0.2) is 60.7 Å². The minimum atomic E-state index is -2.26. The normalized spacial score (nSPS) is 25.8. The minimum absolute atomic E-state index is 0.0480. The second kappa shape index (κ2) is 12.2. The monoisotopic (exact) mass is 644 g/mol. The molecular formula is C35H36N2O10. The molecule has 0 N–H and O–H groups in total. The van der Waals surface area contributed by atoms with Gasteiger partial charge in [-0.05, 0) is 50.5 Å². The Balaban J connectivity index is 2.01. The van der Waals surface area contributed by atoms with E-state index in [2.05, 4.69) is 6.58 Å². The average Bonchev–Trinajstić information content (AvgIpc) is 3.43. The van der Waals surface area contributed by atoms with Gasteiger partial charge in [0.2, 0.25) is 23.6 Å². The van der Waals surface area contributed by atoms with E-state index in [-0.39, 0.29) is 47.9 Å². The summed E-state index contributed by atoms with van der Waals surface area (Å²) in [5.74, 6) is -10.9. The maximum atomic E-state index is 15.2. The van der Waals surface area contributed by atoms with Crippen LogP contribution in [0.2, 0.25) is 0 Å². The highest BCUT2D eigenvalue weighted by Crippen LogP contribution is 2.67. The molecule has 0 saturated heterocycles. The van der Waals surface area contributed by atoms with Gasteiger partial charge in [-0.2, -0.15) is 0 Å². The molecule has 2 aromatic rings. The molecule has 2 aliphatic heterocycles. The number of carbonyl (C=O) groups is 7. The molecule has 2 spiro atoms. The summed E-state index contributed by atoms with van der Waals surface area (Å²) in [4.78, 5) is 101. The number of para-hydroxylation sites is 2. The summed E-state index contributed by atoms with van der Waals surface area (Å²) in [7, 11) is 0. The lowest BCUT2D eigenvalue weighted by molar-refractivity contribution is -0.176. The number of hydrogen-bond acceptors (Lipinski definition) is 10. The Hall–Kier alpha value is -5.13. The van der Waals surface area contributed by atoms with E-state index in [4.69, 9.17) is 14.2 Å². The fourth-order valence-corrected chi connectivity index (χ4v) is 7.99. The zero-order valence-corrected chi connectivity index (χ0v) is 26.9. The van der Waals surface area contributed by atoms with Crippen molar-refractivity contribution in [2.24, 2.45) is 17.8 Å². The molecule has 0 aromatic heterocycles. The van der Waals surface area contributed by atoms with Crippen LogP contribution in [-0.4, -0.2) is 61.4 Å². The van der Waals surface area contributed by atoms with Crippen molar-refractivity contribution in [3.63, 3.8) is 0 Å². The fraction of sp³-hybridized carbons (Fsp3) is 0.400. The van der Waals surface area contributed by atoms with Gasteiger partial charge in [-0.3, -0.25) is 28.8 Å². The van der Waals surface area contributed by atoms with E-state index in [1.165, 1.54) is 39.0 Å². The lowest BCUT2D eigenvalue weighted by atomic mass is 9.43. The van der Waals surface area contributed by atoms with Crippen molar-refractivity contribution in [1.82, 2.24) is 0 Å². The van der Waals surface area contributed by atoms with Crippen molar-refractivity contribution in [1.29, 1.82) is 0 Å². The van der Waals surface area contributed by atoms with E-state index < -0.39 is 76.5 Å². The van der Waals surface area contributed by atoms with Gasteiger partial charge in [0.1, 0.15) is 5.41 Å². The van der Waals surface area contributed by atoms with Crippen LogP contribution in [0, 0.1) is 17.8 Å². The standard InChI is InChI=1S/C35H36N2O10/c1-7-45-29(40)19(4)24-18-25(30(41)46-8-2)35(23-15-11-13-17-27(23)37(21(6)39)33(35)44)28(31(42)47-9-3)34(24)22-14-10-12-16-26(22)36(20(5)38)32(34)43/h10-17,24-25,28H,4,7-9,18H2,1-3,5-6H3/t24-,25+,28-,34-,35-/m0/s1. The van der Waals surface area contributed by atoms with Gasteiger partial charge >= 0.3 is 17.9 Å². The predicted molar refractivity (Wildman–Crippen MR) is 167 cm³/mol. The molecule has 5 atom stereocenters. The largest absolute Gasteiger partial charge is 0.466 e. The molecule has 12 heteroatoms. The number of hydrogen-bond donors (Lipinski definition) is 0. The van der Waals surface area contributed by atoms with Crippen molar-refractivity contribution < 1.29 is 47.8 Å². The molecule has 3 aliphatic rings. The Labute approximate surface area is 271 Å². The number of benzene rings is 2. The number of nitrogens with zero attached hydrogens (tertiary/aromatic N) is 2. The maximum absolute atomic E-state index is 15.2. The Bertz CT molecular complexity index is 1730. The van der Waals surface area contributed by atoms with Crippen molar-refractivity contribution >= 4 is 52.9 Å². The smallest absolute Gasteiger partial charge is 0.333 e. The summed E-state index contributed by atoms with van der Waals surface area (Å²) in [5.41, 5.74) is -4.19. The topological polar surface area (TPSA) is 154 Å². The minimum Gasteiger partial charge on any atom is -0.466 e. The summed E-state index contributed by atoms with van der Waals surface area (Å²) in [5, 5.41) is 0. The molecule has 246 valence electrons. The first kappa shape index (κ1) is 33.2. The SMILES string of the molecule is C=C(C(=O)OCC)[C@@H]1C[C@H](C(=O)OCC)[C@]2(C(=O)N(C(C)=O)c3ccccc32)[C@@H](C(=O)OCC)[C@@]12C(=O)N(C(C)=O)c1ccccc12. The average molecular weight is 645 g/mol. The lowest BCUT2D eigenvalue weighted by Gasteiger charge is -2.55. The number of rotatable bonds is 7. The molecule has 1 saturated carbocycles. The van der Waals surface area contributed by atoms with Gasteiger partial charge in [-0.15, -0.1) is 0 Å². The van der Waals surface area contributed by atoms with Crippen LogP contribution < -0.4 is 9.80 Å². The molecule has 12 nitrogen and oxygen atoms in total. The van der Waals surface area contributed by atoms with Crippen LogP contribution in [0.25, 0.3) is 0 Å². The van der Waals surface area contributed by atoms with Gasteiger partial charge in [-0.25, -0.2) is 14.6 Å². The van der Waals surface area contributed by atoms with Crippen LogP contribution in [0.4, 0.5) is 11.4 Å². The van der Waals surface area contributed by atoms with Gasteiger partial charge < -0.3 is 14.2 Å². The highest BCUT2D eigenvalue weighted by molar-refractivity contribution is 6.28. The molecule has 1 aliphatic carbocycles. The molecular weight excluding hydrogens is 608 g/mol. The Morgan fingerprint density at radius 3 is 1.57 bits per heavy atom. The quantitative estimate of drug-likeness (QED) is 0.250. The van der Waals surface area contributed by atoms with Gasteiger partial charge in [0.25, 0.3) is 0 Å². The van der Waals surface area contributed by atoms with Crippen LogP contribution >= 0.6 is 0 Å². The number of fused-ring (bicyclic) bond motifs is 4. The first-order valence-corrected chi connectivity index (χ1v) is 15.5. The van der Waals surface area contributed by atoms with Crippen LogP contribution in [0.3, 0.4) is 0 Å². The molecule has 0 radical (unpaired) electrons. The summed E-state index contributed by atoms with van der Waals surface area (Å²) in [6.45, 7) is 10.7. The molecule has 4 amide bonds. The summed E-state index contributed by atoms with van der Waals surface area (Å²) < 4.78 is 16.5. The number of esters is 3. The van der Waals surface area contributed by atoms with Gasteiger partial charge in [0, 0.05) is 25.3 Å². The summed E-state index contributed by atoms with van der Waals surface area (Å²) in [6, 6.07) is 12.5. The fourth-order valence-electron chi connectivity index (χ4n) is 7.99. The first-order chi connectivity index (χ1) is 22.4. The third-order valence-electron chi connectivity index (χ3n) is 9.46. The summed E-state index contributed by atoms with van der Waals surface area (Å²) >= 11 is 0. The van der Waals surface area contributed by atoms with Gasteiger partial charge in [-0.1, -0.05) is 43.0 Å². The van der Waals surface area contributed by atoms with Crippen molar-refractivity contribution in [2.75, 3.05) is 29.6 Å². The molecule has 5 rings (SSSR count). The van der Waals surface area contributed by atoms with Crippen molar-refractivity contribution in [2.45, 2.75) is 51.9 Å². The van der Waals surface area contributed by atoms with Crippen LogP contribution in [0.1, 0.15) is 52.2 Å². The number of ether oxygens (including phenoxy) is 3. The second-order valence-corrected chi connectivity index (χ2v) is 11.6. The van der Waals surface area contributed by atoms with E-state index in [9.17, 15) is 24.0 Å². The zero-order valence-electron chi connectivity index (χ0n) is 26.9. The molecule has 1 fully saturated rings. The maximum Gasteiger partial charge on any atom is 0.333 e. The van der Waals surface area contributed by atoms with Crippen LogP contribution in [0.5, 0.6) is 0 Å². The second-order valence-electron chi connectivity index (χ2n) is 11.6. The summed E-state index contributed by atoms with van der Waals surface area (Å²) in [6.07, 6.45) is -0.413. The Kier molecular flexibility index (Phi) is 8.65. The number of imide groups is 2. The van der Waals surface area contributed by atoms with E-state index in [0.717, 1.165) is 9.80 Å². The van der Waals surface area contributed by atoms with E-state index >= 15 is 9.59 Å². The molecule has 2 aromatic carbocycles. The zero-order chi connectivity index (χ0) is 34.4.